The predicted molar refractivity (Wildman–Crippen MR) is 153 cm³/mol. The van der Waals surface area contributed by atoms with Crippen molar-refractivity contribution in [3.8, 4) is 22.8 Å². The van der Waals surface area contributed by atoms with Gasteiger partial charge in [-0.05, 0) is 48.9 Å². The third-order valence-corrected chi connectivity index (χ3v) is 6.99. The van der Waals surface area contributed by atoms with Crippen LogP contribution in [0.1, 0.15) is 27.3 Å². The number of fused-ring (bicyclic) bond motifs is 1. The number of benzene rings is 2. The van der Waals surface area contributed by atoms with E-state index in [1.807, 2.05) is 12.1 Å². The highest BCUT2D eigenvalue weighted by atomic mass is 35.5. The Labute approximate surface area is 241 Å². The van der Waals surface area contributed by atoms with Gasteiger partial charge in [0.05, 0.1) is 50.3 Å². The van der Waals surface area contributed by atoms with Crippen LogP contribution in [0.15, 0.2) is 54.7 Å². The van der Waals surface area contributed by atoms with E-state index in [-0.39, 0.29) is 22.9 Å². The lowest BCUT2D eigenvalue weighted by molar-refractivity contribution is 0.0298. The lowest BCUT2D eigenvalue weighted by Gasteiger charge is -2.26. The van der Waals surface area contributed by atoms with Gasteiger partial charge in [-0.1, -0.05) is 11.6 Å². The van der Waals surface area contributed by atoms with Crippen LogP contribution in [0.25, 0.3) is 16.9 Å². The number of morpholine rings is 1. The zero-order chi connectivity index (χ0) is 28.8. The first kappa shape index (κ1) is 28.3. The molecule has 2 aromatic carbocycles. The molecule has 0 saturated carbocycles. The van der Waals surface area contributed by atoms with Crippen LogP contribution in [0.5, 0.6) is 11.5 Å². The molecular formula is C29H30ClN5O6. The van der Waals surface area contributed by atoms with Gasteiger partial charge in [0.15, 0.2) is 22.8 Å². The summed E-state index contributed by atoms with van der Waals surface area (Å²) in [6, 6.07) is 13.5. The lowest BCUT2D eigenvalue weighted by Crippen LogP contribution is -2.37. The molecule has 1 aliphatic rings. The van der Waals surface area contributed by atoms with E-state index in [1.54, 1.807) is 49.2 Å². The molecule has 1 amide bonds. The van der Waals surface area contributed by atoms with E-state index < -0.39 is 11.9 Å². The highest BCUT2D eigenvalue weighted by molar-refractivity contribution is 6.34. The number of halogens is 1. The molecule has 0 spiro atoms. The number of carbonyl (C=O) groups is 2. The molecule has 1 fully saturated rings. The van der Waals surface area contributed by atoms with Crippen LogP contribution in [0.2, 0.25) is 5.02 Å². The quantitative estimate of drug-likeness (QED) is 0.218. The summed E-state index contributed by atoms with van der Waals surface area (Å²) in [6.45, 7) is 4.36. The number of methoxy groups -OCH3 is 2. The Hall–Kier alpha value is -4.19. The number of aromatic nitrogens is 3. The molecule has 3 heterocycles. The Morgan fingerprint density at radius 1 is 1.02 bits per heavy atom. The van der Waals surface area contributed by atoms with Crippen molar-refractivity contribution in [3.05, 3.63) is 71.0 Å². The molecule has 11 nitrogen and oxygen atoms in total. The third-order valence-electron chi connectivity index (χ3n) is 6.67. The number of hydrogen-bond acceptors (Lipinski definition) is 9. The molecule has 214 valence electrons. The lowest BCUT2D eigenvalue weighted by atomic mass is 10.1. The van der Waals surface area contributed by atoms with Crippen molar-refractivity contribution in [1.82, 2.24) is 19.5 Å². The number of nitrogens with zero attached hydrogens (tertiary/aromatic N) is 4. The van der Waals surface area contributed by atoms with E-state index in [9.17, 15) is 9.59 Å². The molecule has 1 N–H and O–H groups in total. The summed E-state index contributed by atoms with van der Waals surface area (Å²) in [4.78, 5) is 32.2. The SMILES string of the molecule is COc1ccc(-c2ccnc3cc(C(=O)Nc4ccc(C(=O)OCCCN5CCOCC5)c(Cl)c4)nn23)cc1OC. The Balaban J connectivity index is 1.24. The molecule has 1 saturated heterocycles. The summed E-state index contributed by atoms with van der Waals surface area (Å²) in [7, 11) is 3.14. The van der Waals surface area contributed by atoms with E-state index >= 15 is 0 Å². The Bertz CT molecular complexity index is 1550. The molecule has 0 radical (unpaired) electrons. The molecule has 2 aromatic heterocycles. The number of rotatable bonds is 10. The number of nitrogens with one attached hydrogen (secondary N) is 1. The maximum absolute atomic E-state index is 13.1. The zero-order valence-corrected chi connectivity index (χ0v) is 23.5. The normalized spacial score (nSPS) is 13.6. The average molecular weight is 580 g/mol. The van der Waals surface area contributed by atoms with Crippen molar-refractivity contribution in [2.45, 2.75) is 6.42 Å². The van der Waals surface area contributed by atoms with Gasteiger partial charge in [-0.2, -0.15) is 5.10 Å². The van der Waals surface area contributed by atoms with E-state index in [4.69, 9.17) is 30.5 Å². The van der Waals surface area contributed by atoms with Gasteiger partial charge < -0.3 is 24.3 Å². The summed E-state index contributed by atoms with van der Waals surface area (Å²) in [5.74, 6) is 0.202. The van der Waals surface area contributed by atoms with Crippen molar-refractivity contribution in [3.63, 3.8) is 0 Å². The fraction of sp³-hybridized carbons (Fsp3) is 0.310. The van der Waals surface area contributed by atoms with E-state index in [0.29, 0.717) is 28.5 Å². The van der Waals surface area contributed by atoms with Gasteiger partial charge in [-0.15, -0.1) is 0 Å². The van der Waals surface area contributed by atoms with Gasteiger partial charge in [0.2, 0.25) is 0 Å². The molecule has 41 heavy (non-hydrogen) atoms. The van der Waals surface area contributed by atoms with Gasteiger partial charge in [-0.3, -0.25) is 9.69 Å². The fourth-order valence-electron chi connectivity index (χ4n) is 4.53. The van der Waals surface area contributed by atoms with Gasteiger partial charge >= 0.3 is 5.97 Å². The number of ether oxygens (including phenoxy) is 4. The monoisotopic (exact) mass is 579 g/mol. The van der Waals surface area contributed by atoms with Crippen molar-refractivity contribution < 1.29 is 28.5 Å². The summed E-state index contributed by atoms with van der Waals surface area (Å²) in [6.07, 6.45) is 2.37. The van der Waals surface area contributed by atoms with Crippen molar-refractivity contribution in [2.75, 3.05) is 59.0 Å². The summed E-state index contributed by atoms with van der Waals surface area (Å²) < 4.78 is 23.1. The Morgan fingerprint density at radius 3 is 2.59 bits per heavy atom. The number of esters is 1. The summed E-state index contributed by atoms with van der Waals surface area (Å²) >= 11 is 6.36. The predicted octanol–water partition coefficient (Wildman–Crippen LogP) is 4.20. The van der Waals surface area contributed by atoms with E-state index in [2.05, 4.69) is 20.3 Å². The van der Waals surface area contributed by atoms with Crippen molar-refractivity contribution in [2.24, 2.45) is 0 Å². The minimum absolute atomic E-state index is 0.158. The zero-order valence-electron chi connectivity index (χ0n) is 22.8. The molecule has 0 atom stereocenters. The molecule has 1 aliphatic heterocycles. The molecule has 12 heteroatoms. The van der Waals surface area contributed by atoms with Gasteiger partial charge in [0.25, 0.3) is 5.91 Å². The van der Waals surface area contributed by atoms with Crippen LogP contribution in [-0.2, 0) is 9.47 Å². The number of hydrogen-bond donors (Lipinski definition) is 1. The first-order valence-electron chi connectivity index (χ1n) is 13.1. The minimum Gasteiger partial charge on any atom is -0.493 e. The van der Waals surface area contributed by atoms with Crippen molar-refractivity contribution in [1.29, 1.82) is 0 Å². The number of carbonyl (C=O) groups excluding carboxylic acids is 2. The number of anilines is 1. The summed E-state index contributed by atoms with van der Waals surface area (Å²) in [5.41, 5.74) is 2.81. The van der Waals surface area contributed by atoms with E-state index in [0.717, 1.165) is 44.8 Å². The molecular weight excluding hydrogens is 550 g/mol. The minimum atomic E-state index is -0.510. The van der Waals surface area contributed by atoms with Crippen LogP contribution in [0.4, 0.5) is 5.69 Å². The largest absolute Gasteiger partial charge is 0.493 e. The van der Waals surface area contributed by atoms with Gasteiger partial charge in [0.1, 0.15) is 0 Å². The highest BCUT2D eigenvalue weighted by Gasteiger charge is 2.18. The second-order valence-corrected chi connectivity index (χ2v) is 9.70. The standard InChI is InChI=1S/C29H30ClN5O6/c1-38-25-7-4-19(16-26(25)39-2)24-8-9-31-27-18-23(33-35(24)27)28(36)32-20-5-6-21(22(30)17-20)29(37)41-13-3-10-34-11-14-40-15-12-34/h4-9,16-18H,3,10-15H2,1-2H3,(H,32,36). The van der Waals surface area contributed by atoms with Gasteiger partial charge in [-0.25, -0.2) is 14.3 Å². The maximum atomic E-state index is 13.1. The molecule has 0 bridgehead atoms. The van der Waals surface area contributed by atoms with Gasteiger partial charge in [0, 0.05) is 43.1 Å². The first-order chi connectivity index (χ1) is 20.0. The van der Waals surface area contributed by atoms with Crippen LogP contribution in [0, 0.1) is 0 Å². The van der Waals surface area contributed by atoms with Crippen LogP contribution in [0.3, 0.4) is 0 Å². The highest BCUT2D eigenvalue weighted by Crippen LogP contribution is 2.32. The molecule has 4 aromatic rings. The second-order valence-electron chi connectivity index (χ2n) is 9.29. The first-order valence-corrected chi connectivity index (χ1v) is 13.5. The maximum Gasteiger partial charge on any atom is 0.339 e. The van der Waals surface area contributed by atoms with Crippen molar-refractivity contribution >= 4 is 34.8 Å². The molecule has 0 aliphatic carbocycles. The average Bonchev–Trinajstić information content (AvgIpc) is 3.44. The van der Waals surface area contributed by atoms with Crippen LogP contribution < -0.4 is 14.8 Å². The number of amides is 1. The third kappa shape index (κ3) is 6.59. The smallest absolute Gasteiger partial charge is 0.339 e. The topological polar surface area (TPSA) is 117 Å². The Morgan fingerprint density at radius 2 is 1.83 bits per heavy atom. The Kier molecular flexibility index (Phi) is 8.98. The fourth-order valence-corrected chi connectivity index (χ4v) is 4.79. The molecule has 0 unspecified atom stereocenters. The van der Waals surface area contributed by atoms with Crippen LogP contribution in [-0.4, -0.2) is 85.0 Å². The summed E-state index contributed by atoms with van der Waals surface area (Å²) in [5, 5.41) is 7.43. The second kappa shape index (κ2) is 13.0. The van der Waals surface area contributed by atoms with Crippen LogP contribution >= 0.6 is 11.6 Å². The molecule has 5 rings (SSSR count). The van der Waals surface area contributed by atoms with E-state index in [1.165, 1.54) is 12.1 Å².